The molecule has 26 heavy (non-hydrogen) atoms. The normalized spacial score (nSPS) is 11.8. The highest BCUT2D eigenvalue weighted by Crippen LogP contribution is 2.18. The second kappa shape index (κ2) is 8.19. The first-order chi connectivity index (χ1) is 12.5. The van der Waals surface area contributed by atoms with E-state index in [0.29, 0.717) is 5.75 Å². The molecule has 1 aromatic heterocycles. The molecule has 3 rings (SSSR count). The first-order valence-corrected chi connectivity index (χ1v) is 9.10. The van der Waals surface area contributed by atoms with Crippen molar-refractivity contribution < 1.29 is 9.53 Å². The molecule has 0 aliphatic heterocycles. The zero-order chi connectivity index (χ0) is 18.5. The number of nitrogens with zero attached hydrogens (tertiary/aromatic N) is 2. The summed E-state index contributed by atoms with van der Waals surface area (Å²) < 4.78 is 8.70. The van der Waals surface area contributed by atoms with Gasteiger partial charge in [0.05, 0.1) is 0 Å². The maximum absolute atomic E-state index is 12.3. The Morgan fingerprint density at radius 1 is 1.19 bits per heavy atom. The van der Waals surface area contributed by atoms with Gasteiger partial charge >= 0.3 is 0 Å². The van der Waals surface area contributed by atoms with Crippen molar-refractivity contribution >= 4 is 27.5 Å². The molecule has 0 saturated carbocycles. The van der Waals surface area contributed by atoms with Crippen molar-refractivity contribution in [3.8, 4) is 5.75 Å². The van der Waals surface area contributed by atoms with Crippen LogP contribution in [0.1, 0.15) is 18.3 Å². The van der Waals surface area contributed by atoms with E-state index in [1.54, 1.807) is 13.1 Å². The number of nitrogens with one attached hydrogen (secondary N) is 1. The lowest BCUT2D eigenvalue weighted by Gasteiger charge is -2.15. The number of aromatic nitrogens is 2. The van der Waals surface area contributed by atoms with Gasteiger partial charge in [-0.05, 0) is 55.8 Å². The molecule has 5 nitrogen and oxygen atoms in total. The molecule has 3 aromatic rings. The molecular weight excluding hydrogens is 394 g/mol. The number of carbonyl (C=O) groups is 1. The molecule has 1 unspecified atom stereocenters. The predicted octanol–water partition coefficient (Wildman–Crippen LogP) is 4.41. The van der Waals surface area contributed by atoms with Crippen LogP contribution in [-0.2, 0) is 11.3 Å². The maximum atomic E-state index is 12.3. The molecular formula is C20H20BrN3O2. The highest BCUT2D eigenvalue weighted by molar-refractivity contribution is 9.10. The molecule has 0 saturated heterocycles. The molecule has 1 heterocycles. The number of aryl methyl sites for hydroxylation is 1. The van der Waals surface area contributed by atoms with E-state index in [1.165, 1.54) is 0 Å². The third-order valence-corrected chi connectivity index (χ3v) is 4.52. The van der Waals surface area contributed by atoms with Crippen molar-refractivity contribution in [2.75, 3.05) is 5.32 Å². The molecule has 1 amide bonds. The second-order valence-electron chi connectivity index (χ2n) is 6.00. The van der Waals surface area contributed by atoms with Crippen molar-refractivity contribution in [2.24, 2.45) is 0 Å². The number of anilines is 1. The van der Waals surface area contributed by atoms with Gasteiger partial charge in [0.25, 0.3) is 5.91 Å². The Balaban J connectivity index is 1.56. The number of rotatable bonds is 6. The van der Waals surface area contributed by atoms with Gasteiger partial charge in [-0.3, -0.25) is 4.79 Å². The van der Waals surface area contributed by atoms with Gasteiger partial charge in [0.2, 0.25) is 0 Å². The lowest BCUT2D eigenvalue weighted by atomic mass is 10.2. The third kappa shape index (κ3) is 4.73. The summed E-state index contributed by atoms with van der Waals surface area (Å²) in [4.78, 5) is 16.5. The maximum Gasteiger partial charge on any atom is 0.265 e. The van der Waals surface area contributed by atoms with E-state index in [-0.39, 0.29) is 5.91 Å². The van der Waals surface area contributed by atoms with Gasteiger partial charge in [-0.1, -0.05) is 28.1 Å². The van der Waals surface area contributed by atoms with Crippen LogP contribution >= 0.6 is 15.9 Å². The third-order valence-electron chi connectivity index (χ3n) is 3.99. The molecule has 6 heteroatoms. The van der Waals surface area contributed by atoms with Gasteiger partial charge in [0, 0.05) is 29.1 Å². The highest BCUT2D eigenvalue weighted by atomic mass is 79.9. The Morgan fingerprint density at radius 2 is 1.88 bits per heavy atom. The first kappa shape index (κ1) is 18.2. The average molecular weight is 414 g/mol. The summed E-state index contributed by atoms with van der Waals surface area (Å²) in [7, 11) is 0. The monoisotopic (exact) mass is 413 g/mol. The smallest absolute Gasteiger partial charge is 0.265 e. The van der Waals surface area contributed by atoms with Crippen LogP contribution < -0.4 is 10.1 Å². The fraction of sp³-hybridized carbons (Fsp3) is 0.200. The summed E-state index contributed by atoms with van der Waals surface area (Å²) >= 11 is 3.37. The summed E-state index contributed by atoms with van der Waals surface area (Å²) in [6.45, 7) is 4.46. The van der Waals surface area contributed by atoms with E-state index in [0.717, 1.165) is 28.1 Å². The number of hydrogen-bond donors (Lipinski definition) is 1. The number of amides is 1. The Hall–Kier alpha value is -2.60. The van der Waals surface area contributed by atoms with Crippen LogP contribution in [0, 0.1) is 6.92 Å². The zero-order valence-electron chi connectivity index (χ0n) is 14.6. The van der Waals surface area contributed by atoms with Gasteiger partial charge in [-0.2, -0.15) is 0 Å². The Bertz CT molecular complexity index is 873. The first-order valence-electron chi connectivity index (χ1n) is 8.31. The van der Waals surface area contributed by atoms with Crippen LogP contribution in [0.25, 0.3) is 0 Å². The van der Waals surface area contributed by atoms with Crippen LogP contribution in [0.4, 0.5) is 5.69 Å². The minimum absolute atomic E-state index is 0.189. The molecule has 0 aliphatic carbocycles. The van der Waals surface area contributed by atoms with Gasteiger partial charge < -0.3 is 14.6 Å². The predicted molar refractivity (Wildman–Crippen MR) is 105 cm³/mol. The number of carbonyl (C=O) groups excluding carboxylic acids is 1. The largest absolute Gasteiger partial charge is 0.481 e. The van der Waals surface area contributed by atoms with Crippen molar-refractivity contribution in [1.82, 2.24) is 9.55 Å². The van der Waals surface area contributed by atoms with E-state index in [9.17, 15) is 4.79 Å². The van der Waals surface area contributed by atoms with Crippen molar-refractivity contribution in [2.45, 2.75) is 26.5 Å². The summed E-state index contributed by atoms with van der Waals surface area (Å²) in [5.74, 6) is 1.44. The van der Waals surface area contributed by atoms with Crippen LogP contribution in [0.15, 0.2) is 65.4 Å². The zero-order valence-corrected chi connectivity index (χ0v) is 16.2. The standard InChI is InChI=1S/C20H20BrN3O2/c1-14(26-19-9-5-17(21)6-10-19)20(25)23-18-7-3-16(4-8-18)13-24-12-11-22-15(24)2/h3-12,14H,13H2,1-2H3,(H,23,25). The summed E-state index contributed by atoms with van der Waals surface area (Å²) in [6, 6.07) is 15.2. The number of benzene rings is 2. The van der Waals surface area contributed by atoms with E-state index in [2.05, 4.69) is 30.8 Å². The van der Waals surface area contributed by atoms with Crippen LogP contribution in [0.5, 0.6) is 5.75 Å². The summed E-state index contributed by atoms with van der Waals surface area (Å²) in [5, 5.41) is 2.88. The van der Waals surface area contributed by atoms with Crippen molar-refractivity contribution in [3.05, 3.63) is 76.8 Å². The van der Waals surface area contributed by atoms with E-state index < -0.39 is 6.10 Å². The Labute approximate surface area is 161 Å². The molecule has 1 atom stereocenters. The fourth-order valence-electron chi connectivity index (χ4n) is 2.48. The van der Waals surface area contributed by atoms with E-state index in [1.807, 2.05) is 61.7 Å². The van der Waals surface area contributed by atoms with E-state index in [4.69, 9.17) is 4.74 Å². The molecule has 0 bridgehead atoms. The summed E-state index contributed by atoms with van der Waals surface area (Å²) in [6.07, 6.45) is 3.15. The van der Waals surface area contributed by atoms with Crippen LogP contribution in [-0.4, -0.2) is 21.6 Å². The second-order valence-corrected chi connectivity index (χ2v) is 6.92. The average Bonchev–Trinajstić information content (AvgIpc) is 3.03. The number of halogens is 1. The number of ether oxygens (including phenoxy) is 1. The van der Waals surface area contributed by atoms with Gasteiger partial charge in [0.1, 0.15) is 11.6 Å². The van der Waals surface area contributed by atoms with Crippen LogP contribution in [0.3, 0.4) is 0 Å². The van der Waals surface area contributed by atoms with Crippen molar-refractivity contribution in [3.63, 3.8) is 0 Å². The lowest BCUT2D eigenvalue weighted by Crippen LogP contribution is -2.30. The Morgan fingerprint density at radius 3 is 2.50 bits per heavy atom. The van der Waals surface area contributed by atoms with E-state index >= 15 is 0 Å². The molecule has 134 valence electrons. The van der Waals surface area contributed by atoms with Crippen LogP contribution in [0.2, 0.25) is 0 Å². The fourth-order valence-corrected chi connectivity index (χ4v) is 2.74. The molecule has 0 fully saturated rings. The summed E-state index contributed by atoms with van der Waals surface area (Å²) in [5.41, 5.74) is 1.88. The minimum Gasteiger partial charge on any atom is -0.481 e. The molecule has 0 aliphatic rings. The molecule has 1 N–H and O–H groups in total. The molecule has 0 spiro atoms. The SMILES string of the molecule is Cc1nccn1Cc1ccc(NC(=O)C(C)Oc2ccc(Br)cc2)cc1. The van der Waals surface area contributed by atoms with Gasteiger partial charge in [-0.25, -0.2) is 4.98 Å². The van der Waals surface area contributed by atoms with Gasteiger partial charge in [0.15, 0.2) is 6.10 Å². The quantitative estimate of drug-likeness (QED) is 0.650. The lowest BCUT2D eigenvalue weighted by molar-refractivity contribution is -0.122. The minimum atomic E-state index is -0.593. The highest BCUT2D eigenvalue weighted by Gasteiger charge is 2.15. The Kier molecular flexibility index (Phi) is 5.73. The number of hydrogen-bond acceptors (Lipinski definition) is 3. The van der Waals surface area contributed by atoms with Gasteiger partial charge in [-0.15, -0.1) is 0 Å². The molecule has 2 aromatic carbocycles. The molecule has 0 radical (unpaired) electrons. The number of imidazole rings is 1. The topological polar surface area (TPSA) is 56.2 Å². The van der Waals surface area contributed by atoms with Crippen molar-refractivity contribution in [1.29, 1.82) is 0 Å².